The van der Waals surface area contributed by atoms with E-state index in [0.29, 0.717) is 12.4 Å². The van der Waals surface area contributed by atoms with Crippen LogP contribution in [0.4, 0.5) is 0 Å². The van der Waals surface area contributed by atoms with Crippen LogP contribution in [0, 0.1) is 0 Å². The fourth-order valence-corrected chi connectivity index (χ4v) is 2.81. The molecule has 27 heavy (non-hydrogen) atoms. The molecule has 5 nitrogen and oxygen atoms in total. The van der Waals surface area contributed by atoms with Crippen LogP contribution in [0.3, 0.4) is 0 Å². The van der Waals surface area contributed by atoms with E-state index in [1.54, 1.807) is 0 Å². The molecule has 0 bridgehead atoms. The molecule has 0 spiro atoms. The Kier molecular flexibility index (Phi) is 5.02. The van der Waals surface area contributed by atoms with Gasteiger partial charge in [0.25, 0.3) is 0 Å². The van der Waals surface area contributed by atoms with Gasteiger partial charge in [0.2, 0.25) is 0 Å². The predicted octanol–water partition coefficient (Wildman–Crippen LogP) is 4.62. The van der Waals surface area contributed by atoms with Crippen molar-refractivity contribution in [3.05, 3.63) is 95.8 Å². The standard InChI is InChI=1S/C22H18N4O/c1-2-9-19(10-3-1)20-11-4-5-12-21(20)27-16-18-8-6-7-17(15-18)13-14-22-23-25-26-24-22/h1-15H,16H2,(H,23,24,25,26). The lowest BCUT2D eigenvalue weighted by Gasteiger charge is -2.12. The molecule has 0 fully saturated rings. The number of ether oxygens (including phenoxy) is 1. The smallest absolute Gasteiger partial charge is 0.197 e. The lowest BCUT2D eigenvalue weighted by atomic mass is 10.0. The van der Waals surface area contributed by atoms with Gasteiger partial charge in [0.05, 0.1) is 0 Å². The number of hydrogen-bond acceptors (Lipinski definition) is 4. The lowest BCUT2D eigenvalue weighted by Crippen LogP contribution is -1.97. The first-order valence-electron chi connectivity index (χ1n) is 8.66. The van der Waals surface area contributed by atoms with Crippen LogP contribution in [-0.4, -0.2) is 20.6 Å². The van der Waals surface area contributed by atoms with Crippen molar-refractivity contribution >= 4 is 12.2 Å². The molecule has 1 aromatic heterocycles. The van der Waals surface area contributed by atoms with Gasteiger partial charge in [-0.1, -0.05) is 72.8 Å². The van der Waals surface area contributed by atoms with Gasteiger partial charge in [-0.25, -0.2) is 0 Å². The van der Waals surface area contributed by atoms with Gasteiger partial charge in [0.15, 0.2) is 5.82 Å². The molecule has 0 saturated carbocycles. The lowest BCUT2D eigenvalue weighted by molar-refractivity contribution is 0.307. The van der Waals surface area contributed by atoms with Gasteiger partial charge in [-0.15, -0.1) is 10.2 Å². The molecule has 4 aromatic rings. The van der Waals surface area contributed by atoms with E-state index in [-0.39, 0.29) is 0 Å². The van der Waals surface area contributed by atoms with Gasteiger partial charge in [-0.3, -0.25) is 0 Å². The van der Waals surface area contributed by atoms with Gasteiger partial charge in [0.1, 0.15) is 12.4 Å². The highest BCUT2D eigenvalue weighted by Crippen LogP contribution is 2.30. The molecule has 0 aliphatic carbocycles. The molecule has 0 aliphatic heterocycles. The normalized spacial score (nSPS) is 11.0. The zero-order valence-corrected chi connectivity index (χ0v) is 14.6. The molecule has 0 atom stereocenters. The van der Waals surface area contributed by atoms with E-state index in [9.17, 15) is 0 Å². The number of rotatable bonds is 6. The van der Waals surface area contributed by atoms with Crippen molar-refractivity contribution in [2.45, 2.75) is 6.61 Å². The molecule has 5 heteroatoms. The van der Waals surface area contributed by atoms with Gasteiger partial charge < -0.3 is 4.74 Å². The SMILES string of the molecule is C(=Cc1nn[nH]n1)c1cccc(COc2ccccc2-c2ccccc2)c1. The van der Waals surface area contributed by atoms with Crippen molar-refractivity contribution in [3.8, 4) is 16.9 Å². The Hall–Kier alpha value is -3.73. The van der Waals surface area contributed by atoms with Crippen molar-refractivity contribution in [1.29, 1.82) is 0 Å². The van der Waals surface area contributed by atoms with Crippen LogP contribution in [0.25, 0.3) is 23.3 Å². The van der Waals surface area contributed by atoms with E-state index in [4.69, 9.17) is 4.74 Å². The molecule has 1 heterocycles. The predicted molar refractivity (Wildman–Crippen MR) is 106 cm³/mol. The molecule has 1 N–H and O–H groups in total. The molecule has 0 unspecified atom stereocenters. The Balaban J connectivity index is 1.49. The van der Waals surface area contributed by atoms with Crippen LogP contribution in [0.5, 0.6) is 5.75 Å². The van der Waals surface area contributed by atoms with Crippen LogP contribution < -0.4 is 4.74 Å². The molecule has 4 rings (SSSR count). The summed E-state index contributed by atoms with van der Waals surface area (Å²) in [6.07, 6.45) is 3.76. The minimum Gasteiger partial charge on any atom is -0.488 e. The third-order valence-corrected chi connectivity index (χ3v) is 4.10. The van der Waals surface area contributed by atoms with Crippen molar-refractivity contribution in [1.82, 2.24) is 20.6 Å². The molecular weight excluding hydrogens is 336 g/mol. The largest absolute Gasteiger partial charge is 0.488 e. The highest BCUT2D eigenvalue weighted by atomic mass is 16.5. The minimum atomic E-state index is 0.494. The minimum absolute atomic E-state index is 0.494. The van der Waals surface area contributed by atoms with Crippen molar-refractivity contribution in [2.75, 3.05) is 0 Å². The first kappa shape index (κ1) is 16.7. The molecule has 3 aromatic carbocycles. The molecule has 132 valence electrons. The quantitative estimate of drug-likeness (QED) is 0.549. The zero-order chi connectivity index (χ0) is 18.3. The van der Waals surface area contributed by atoms with Gasteiger partial charge >= 0.3 is 0 Å². The van der Waals surface area contributed by atoms with E-state index >= 15 is 0 Å². The second-order valence-corrected chi connectivity index (χ2v) is 6.00. The Bertz CT molecular complexity index is 1030. The maximum absolute atomic E-state index is 6.12. The number of aromatic nitrogens is 4. The topological polar surface area (TPSA) is 63.7 Å². The Morgan fingerprint density at radius 1 is 0.852 bits per heavy atom. The highest BCUT2D eigenvalue weighted by Gasteiger charge is 2.05. The number of H-pyrrole nitrogens is 1. The fraction of sp³-hybridized carbons (Fsp3) is 0.0455. The second-order valence-electron chi connectivity index (χ2n) is 6.00. The van der Waals surface area contributed by atoms with Crippen LogP contribution in [0.1, 0.15) is 17.0 Å². The number of aromatic amines is 1. The van der Waals surface area contributed by atoms with Crippen LogP contribution in [0.2, 0.25) is 0 Å². The van der Waals surface area contributed by atoms with Gasteiger partial charge in [0, 0.05) is 5.56 Å². The van der Waals surface area contributed by atoms with Crippen LogP contribution in [-0.2, 0) is 6.61 Å². The summed E-state index contributed by atoms with van der Waals surface area (Å²) in [5.74, 6) is 1.42. The van der Waals surface area contributed by atoms with E-state index in [0.717, 1.165) is 28.0 Å². The van der Waals surface area contributed by atoms with E-state index < -0.39 is 0 Å². The van der Waals surface area contributed by atoms with Crippen LogP contribution in [0.15, 0.2) is 78.9 Å². The maximum atomic E-state index is 6.12. The first-order valence-corrected chi connectivity index (χ1v) is 8.66. The molecular formula is C22H18N4O. The number of nitrogens with zero attached hydrogens (tertiary/aromatic N) is 3. The van der Waals surface area contributed by atoms with Crippen molar-refractivity contribution in [2.24, 2.45) is 0 Å². The summed E-state index contributed by atoms with van der Waals surface area (Å²) >= 11 is 0. The Morgan fingerprint density at radius 2 is 1.70 bits per heavy atom. The third kappa shape index (κ3) is 4.27. The molecule has 0 saturated heterocycles. The number of hydrogen-bond donors (Lipinski definition) is 1. The summed E-state index contributed by atoms with van der Waals surface area (Å²) in [7, 11) is 0. The Labute approximate surface area is 157 Å². The summed E-state index contributed by atoms with van der Waals surface area (Å²) in [6.45, 7) is 0.494. The first-order chi connectivity index (χ1) is 13.4. The van der Waals surface area contributed by atoms with E-state index in [1.165, 1.54) is 0 Å². The third-order valence-electron chi connectivity index (χ3n) is 4.10. The number of nitrogens with one attached hydrogen (secondary N) is 1. The molecule has 0 amide bonds. The number of benzene rings is 3. The fourth-order valence-electron chi connectivity index (χ4n) is 2.81. The maximum Gasteiger partial charge on any atom is 0.197 e. The summed E-state index contributed by atoms with van der Waals surface area (Å²) in [6, 6.07) is 26.5. The average Bonchev–Trinajstić information content (AvgIpc) is 3.26. The molecule has 0 radical (unpaired) electrons. The highest BCUT2D eigenvalue weighted by molar-refractivity contribution is 5.70. The summed E-state index contributed by atoms with van der Waals surface area (Å²) < 4.78 is 6.12. The monoisotopic (exact) mass is 354 g/mol. The number of para-hydroxylation sites is 1. The summed E-state index contributed by atoms with van der Waals surface area (Å²) in [4.78, 5) is 0. The van der Waals surface area contributed by atoms with Crippen molar-refractivity contribution < 1.29 is 4.74 Å². The molecule has 0 aliphatic rings. The Morgan fingerprint density at radius 3 is 2.56 bits per heavy atom. The number of tetrazole rings is 1. The van der Waals surface area contributed by atoms with E-state index in [2.05, 4.69) is 51.0 Å². The van der Waals surface area contributed by atoms with E-state index in [1.807, 2.05) is 60.7 Å². The zero-order valence-electron chi connectivity index (χ0n) is 14.6. The van der Waals surface area contributed by atoms with Gasteiger partial charge in [-0.2, -0.15) is 5.21 Å². The van der Waals surface area contributed by atoms with Crippen LogP contribution >= 0.6 is 0 Å². The average molecular weight is 354 g/mol. The van der Waals surface area contributed by atoms with Gasteiger partial charge in [-0.05, 0) is 40.1 Å². The second kappa shape index (κ2) is 8.10. The summed E-state index contributed by atoms with van der Waals surface area (Å²) in [5.41, 5.74) is 4.38. The van der Waals surface area contributed by atoms with Crippen molar-refractivity contribution in [3.63, 3.8) is 0 Å². The summed E-state index contributed by atoms with van der Waals surface area (Å²) in [5, 5.41) is 13.8.